The quantitative estimate of drug-likeness (QED) is 0.336. The van der Waals surface area contributed by atoms with Crippen LogP contribution in [0.15, 0.2) is 91.0 Å². The van der Waals surface area contributed by atoms with Gasteiger partial charge in [-0.2, -0.15) is 0 Å². The van der Waals surface area contributed by atoms with Crippen molar-refractivity contribution in [2.75, 3.05) is 0 Å². The fourth-order valence-electron chi connectivity index (χ4n) is 3.53. The van der Waals surface area contributed by atoms with Crippen LogP contribution in [-0.4, -0.2) is 4.98 Å². The Morgan fingerprint density at radius 2 is 0.917 bits per heavy atom. The zero-order chi connectivity index (χ0) is 15.9. The first-order valence-electron chi connectivity index (χ1n) is 8.17. The lowest BCUT2D eigenvalue weighted by Gasteiger charge is -2.11. The Balaban J connectivity index is 1.96. The number of aromatic nitrogens is 1. The summed E-state index contributed by atoms with van der Waals surface area (Å²) in [6.45, 7) is 0. The van der Waals surface area contributed by atoms with E-state index in [1.807, 2.05) is 6.07 Å². The molecule has 0 fully saturated rings. The fourth-order valence-corrected chi connectivity index (χ4v) is 3.53. The summed E-state index contributed by atoms with van der Waals surface area (Å²) in [7, 11) is 0. The van der Waals surface area contributed by atoms with E-state index in [9.17, 15) is 0 Å². The lowest BCUT2D eigenvalue weighted by atomic mass is 9.96. The molecule has 0 aliphatic carbocycles. The topological polar surface area (TPSA) is 12.9 Å². The maximum absolute atomic E-state index is 5.02. The normalized spacial score (nSPS) is 11.3. The molecule has 24 heavy (non-hydrogen) atoms. The molecular formula is C23H15N. The Morgan fingerprint density at radius 3 is 1.58 bits per heavy atom. The van der Waals surface area contributed by atoms with E-state index in [4.69, 9.17) is 4.98 Å². The second kappa shape index (κ2) is 5.17. The van der Waals surface area contributed by atoms with Crippen molar-refractivity contribution in [3.63, 3.8) is 0 Å². The van der Waals surface area contributed by atoms with Crippen LogP contribution in [0.1, 0.15) is 0 Å². The third kappa shape index (κ3) is 1.92. The number of nitrogens with zero attached hydrogens (tertiary/aromatic N) is 1. The van der Waals surface area contributed by atoms with Crippen LogP contribution in [0.5, 0.6) is 0 Å². The monoisotopic (exact) mass is 305 g/mol. The van der Waals surface area contributed by atoms with Crippen molar-refractivity contribution in [3.8, 4) is 11.3 Å². The molecular weight excluding hydrogens is 290 g/mol. The summed E-state index contributed by atoms with van der Waals surface area (Å²) in [5, 5.41) is 6.24. The molecule has 0 atom stereocenters. The van der Waals surface area contributed by atoms with Gasteiger partial charge in [0.05, 0.1) is 11.2 Å². The summed E-state index contributed by atoms with van der Waals surface area (Å²) < 4.78 is 0. The molecule has 1 aromatic heterocycles. The first-order valence-corrected chi connectivity index (χ1v) is 8.17. The smallest absolute Gasteiger partial charge is 0.0794 e. The number of hydrogen-bond donors (Lipinski definition) is 0. The zero-order valence-electron chi connectivity index (χ0n) is 13.1. The van der Waals surface area contributed by atoms with E-state index in [2.05, 4.69) is 84.9 Å². The largest absolute Gasteiger partial charge is 0.247 e. The molecule has 4 aromatic carbocycles. The lowest BCUT2D eigenvalue weighted by molar-refractivity contribution is 1.41. The minimum Gasteiger partial charge on any atom is -0.247 e. The van der Waals surface area contributed by atoms with Gasteiger partial charge in [-0.05, 0) is 28.3 Å². The zero-order valence-corrected chi connectivity index (χ0v) is 13.1. The third-order valence-electron chi connectivity index (χ3n) is 4.65. The number of hydrogen-bond acceptors (Lipinski definition) is 1. The van der Waals surface area contributed by atoms with Gasteiger partial charge in [-0.3, -0.25) is 0 Å². The van der Waals surface area contributed by atoms with Crippen LogP contribution in [-0.2, 0) is 0 Å². The average Bonchev–Trinajstić information content (AvgIpc) is 2.68. The average molecular weight is 305 g/mol. The standard InChI is InChI=1S/C23H15N/c1-2-8-16(9-3-1)22-15-14-21-19-12-5-4-10-17(19)18-11-6-7-13-20(18)23(21)24-22/h1-15H. The van der Waals surface area contributed by atoms with Crippen molar-refractivity contribution in [1.29, 1.82) is 0 Å². The molecule has 5 rings (SSSR count). The third-order valence-corrected chi connectivity index (χ3v) is 4.65. The van der Waals surface area contributed by atoms with Crippen molar-refractivity contribution in [1.82, 2.24) is 4.98 Å². The first-order chi connectivity index (χ1) is 11.9. The van der Waals surface area contributed by atoms with E-state index in [0.29, 0.717) is 0 Å². The SMILES string of the molecule is c1ccc(-c2ccc3c4ccccc4c4ccccc4c3n2)cc1. The van der Waals surface area contributed by atoms with Crippen molar-refractivity contribution < 1.29 is 0 Å². The molecule has 0 aliphatic heterocycles. The van der Waals surface area contributed by atoms with Crippen LogP contribution in [0.3, 0.4) is 0 Å². The van der Waals surface area contributed by atoms with E-state index < -0.39 is 0 Å². The fraction of sp³-hybridized carbons (Fsp3) is 0. The Kier molecular flexibility index (Phi) is 2.86. The summed E-state index contributed by atoms with van der Waals surface area (Å²) in [5.74, 6) is 0. The highest BCUT2D eigenvalue weighted by Gasteiger charge is 2.10. The molecule has 0 aliphatic rings. The van der Waals surface area contributed by atoms with E-state index in [-0.39, 0.29) is 0 Å². The van der Waals surface area contributed by atoms with Gasteiger partial charge in [0.1, 0.15) is 0 Å². The van der Waals surface area contributed by atoms with Crippen LogP contribution in [0, 0.1) is 0 Å². The van der Waals surface area contributed by atoms with Crippen molar-refractivity contribution in [2.45, 2.75) is 0 Å². The number of fused-ring (bicyclic) bond motifs is 6. The van der Waals surface area contributed by atoms with Gasteiger partial charge in [0.25, 0.3) is 0 Å². The van der Waals surface area contributed by atoms with Crippen LogP contribution in [0.4, 0.5) is 0 Å². The van der Waals surface area contributed by atoms with E-state index in [0.717, 1.165) is 16.8 Å². The van der Waals surface area contributed by atoms with Gasteiger partial charge in [-0.15, -0.1) is 0 Å². The highest BCUT2D eigenvalue weighted by atomic mass is 14.7. The summed E-state index contributed by atoms with van der Waals surface area (Å²) in [6, 6.07) is 31.8. The van der Waals surface area contributed by atoms with E-state index in [1.165, 1.54) is 26.9 Å². The van der Waals surface area contributed by atoms with Crippen molar-refractivity contribution in [3.05, 3.63) is 91.0 Å². The molecule has 0 N–H and O–H groups in total. The van der Waals surface area contributed by atoms with Gasteiger partial charge in [-0.1, -0.05) is 78.9 Å². The second-order valence-electron chi connectivity index (χ2n) is 6.05. The Morgan fingerprint density at radius 1 is 0.417 bits per heavy atom. The highest BCUT2D eigenvalue weighted by Crippen LogP contribution is 2.34. The first kappa shape index (κ1) is 13.3. The molecule has 1 heterocycles. The molecule has 0 bridgehead atoms. The van der Waals surface area contributed by atoms with Gasteiger partial charge in [0.2, 0.25) is 0 Å². The van der Waals surface area contributed by atoms with Crippen molar-refractivity contribution >= 4 is 32.4 Å². The van der Waals surface area contributed by atoms with Gasteiger partial charge >= 0.3 is 0 Å². The highest BCUT2D eigenvalue weighted by molar-refractivity contribution is 6.24. The van der Waals surface area contributed by atoms with E-state index in [1.54, 1.807) is 0 Å². The molecule has 5 aromatic rings. The Hall–Kier alpha value is -3.19. The molecule has 112 valence electrons. The van der Waals surface area contributed by atoms with Crippen LogP contribution in [0.25, 0.3) is 43.7 Å². The summed E-state index contributed by atoms with van der Waals surface area (Å²) in [6.07, 6.45) is 0. The van der Waals surface area contributed by atoms with Crippen molar-refractivity contribution in [2.24, 2.45) is 0 Å². The molecule has 0 unspecified atom stereocenters. The lowest BCUT2D eigenvalue weighted by Crippen LogP contribution is -1.89. The van der Waals surface area contributed by atoms with Gasteiger partial charge in [-0.25, -0.2) is 4.98 Å². The van der Waals surface area contributed by atoms with Crippen LogP contribution >= 0.6 is 0 Å². The Bertz CT molecular complexity index is 1150. The van der Waals surface area contributed by atoms with Crippen LogP contribution < -0.4 is 0 Å². The molecule has 0 radical (unpaired) electrons. The summed E-state index contributed by atoms with van der Waals surface area (Å²) in [5.41, 5.74) is 3.24. The second-order valence-corrected chi connectivity index (χ2v) is 6.05. The minimum atomic E-state index is 1.02. The molecule has 1 heteroatoms. The minimum absolute atomic E-state index is 1.02. The number of pyridine rings is 1. The van der Waals surface area contributed by atoms with Gasteiger partial charge in [0.15, 0.2) is 0 Å². The number of benzene rings is 4. The van der Waals surface area contributed by atoms with Gasteiger partial charge in [0, 0.05) is 16.3 Å². The molecule has 1 nitrogen and oxygen atoms in total. The molecule has 0 spiro atoms. The predicted molar refractivity (Wildman–Crippen MR) is 102 cm³/mol. The molecule has 0 saturated heterocycles. The molecule has 0 saturated carbocycles. The summed E-state index contributed by atoms with van der Waals surface area (Å²) in [4.78, 5) is 5.02. The Labute approximate surface area is 140 Å². The molecule has 0 amide bonds. The van der Waals surface area contributed by atoms with Gasteiger partial charge < -0.3 is 0 Å². The van der Waals surface area contributed by atoms with E-state index >= 15 is 0 Å². The number of rotatable bonds is 1. The summed E-state index contributed by atoms with van der Waals surface area (Å²) >= 11 is 0. The maximum Gasteiger partial charge on any atom is 0.0794 e. The predicted octanol–water partition coefficient (Wildman–Crippen LogP) is 6.21. The van der Waals surface area contributed by atoms with Crippen LogP contribution in [0.2, 0.25) is 0 Å². The maximum atomic E-state index is 5.02.